The van der Waals surface area contributed by atoms with Crippen molar-refractivity contribution in [3.63, 3.8) is 0 Å². The molecule has 0 aliphatic carbocycles. The molecule has 1 aliphatic rings. The van der Waals surface area contributed by atoms with Crippen LogP contribution in [0.2, 0.25) is 0 Å². The fourth-order valence-corrected chi connectivity index (χ4v) is 4.77. The largest absolute Gasteiger partial charge is 0.493 e. The van der Waals surface area contributed by atoms with E-state index in [1.54, 1.807) is 23.1 Å². The third-order valence-corrected chi connectivity index (χ3v) is 6.51. The highest BCUT2D eigenvalue weighted by Gasteiger charge is 2.25. The number of benzene rings is 2. The first-order chi connectivity index (χ1) is 15.8. The van der Waals surface area contributed by atoms with Crippen LogP contribution in [0, 0.1) is 0 Å². The lowest BCUT2D eigenvalue weighted by Gasteiger charge is -2.17. The van der Waals surface area contributed by atoms with Crippen LogP contribution in [0.25, 0.3) is 6.08 Å². The fourth-order valence-electron chi connectivity index (χ4n) is 3.51. The molecule has 1 aliphatic heterocycles. The predicted molar refractivity (Wildman–Crippen MR) is 123 cm³/mol. The molecule has 1 saturated heterocycles. The van der Waals surface area contributed by atoms with Crippen molar-refractivity contribution in [1.82, 2.24) is 4.90 Å². The standard InChI is InChI=1S/C23H26N2O7S/c1-30-19-13-16(9-10-21(26)31-2)14-20(22(19)32-3)33(28,29)24-18-8-6-7-17(15-18)23(27)25-11-4-5-12-25/h6-10,13-15,24H,4-5,11-12H2,1-3H3/b10-9+. The van der Waals surface area contributed by atoms with Gasteiger partial charge in [0.15, 0.2) is 11.5 Å². The number of nitrogens with one attached hydrogen (secondary N) is 1. The average Bonchev–Trinajstić information content (AvgIpc) is 3.36. The first-order valence-electron chi connectivity index (χ1n) is 10.2. The number of ether oxygens (including phenoxy) is 3. The molecule has 176 valence electrons. The molecule has 2 aromatic rings. The quantitative estimate of drug-likeness (QED) is 0.463. The molecule has 2 aromatic carbocycles. The summed E-state index contributed by atoms with van der Waals surface area (Å²) in [5, 5.41) is 0. The number of hydrogen-bond acceptors (Lipinski definition) is 7. The van der Waals surface area contributed by atoms with Gasteiger partial charge in [-0.1, -0.05) is 6.07 Å². The van der Waals surface area contributed by atoms with E-state index in [1.165, 1.54) is 51.7 Å². The topological polar surface area (TPSA) is 111 Å². The zero-order valence-corrected chi connectivity index (χ0v) is 19.5. The second-order valence-corrected chi connectivity index (χ2v) is 8.95. The van der Waals surface area contributed by atoms with Gasteiger partial charge in [0.25, 0.3) is 15.9 Å². The average molecular weight is 475 g/mol. The van der Waals surface area contributed by atoms with Gasteiger partial charge in [0.1, 0.15) is 4.90 Å². The molecule has 33 heavy (non-hydrogen) atoms. The number of carbonyl (C=O) groups excluding carboxylic acids is 2. The maximum atomic E-state index is 13.3. The number of methoxy groups -OCH3 is 3. The number of carbonyl (C=O) groups is 2. The zero-order chi connectivity index (χ0) is 24.0. The number of nitrogens with zero attached hydrogens (tertiary/aromatic N) is 1. The van der Waals surface area contributed by atoms with E-state index < -0.39 is 16.0 Å². The van der Waals surface area contributed by atoms with Gasteiger partial charge in [-0.25, -0.2) is 13.2 Å². The van der Waals surface area contributed by atoms with Gasteiger partial charge in [0.05, 0.1) is 21.3 Å². The molecule has 0 spiro atoms. The van der Waals surface area contributed by atoms with Gasteiger partial charge in [-0.05, 0) is 54.8 Å². The molecule has 0 radical (unpaired) electrons. The van der Waals surface area contributed by atoms with Crippen molar-refractivity contribution in [3.05, 3.63) is 53.6 Å². The molecular weight excluding hydrogens is 448 g/mol. The number of rotatable bonds is 8. The number of amides is 1. The first kappa shape index (κ1) is 24.1. The Bertz CT molecular complexity index is 1170. The van der Waals surface area contributed by atoms with Gasteiger partial charge in [-0.15, -0.1) is 0 Å². The third kappa shape index (κ3) is 5.64. The normalized spacial score (nSPS) is 13.7. The third-order valence-electron chi connectivity index (χ3n) is 5.12. The summed E-state index contributed by atoms with van der Waals surface area (Å²) >= 11 is 0. The Kier molecular flexibility index (Phi) is 7.59. The van der Waals surface area contributed by atoms with E-state index in [0.717, 1.165) is 12.8 Å². The summed E-state index contributed by atoms with van der Waals surface area (Å²) in [6.45, 7) is 1.38. The molecule has 0 saturated carbocycles. The van der Waals surface area contributed by atoms with Crippen molar-refractivity contribution >= 4 is 33.7 Å². The summed E-state index contributed by atoms with van der Waals surface area (Å²) in [7, 11) is -0.200. The van der Waals surface area contributed by atoms with Gasteiger partial charge in [-0.3, -0.25) is 9.52 Å². The predicted octanol–water partition coefficient (Wildman–Crippen LogP) is 2.93. The van der Waals surface area contributed by atoms with E-state index in [9.17, 15) is 18.0 Å². The minimum absolute atomic E-state index is 0.00418. The molecule has 1 N–H and O–H groups in total. The first-order valence-corrected chi connectivity index (χ1v) is 11.7. The minimum Gasteiger partial charge on any atom is -0.493 e. The van der Waals surface area contributed by atoms with E-state index in [2.05, 4.69) is 9.46 Å². The SMILES string of the molecule is COC(=O)/C=C/c1cc(OC)c(OC)c(S(=O)(=O)Nc2cccc(C(=O)N3CCCC3)c2)c1. The monoisotopic (exact) mass is 474 g/mol. The van der Waals surface area contributed by atoms with Crippen LogP contribution in [0.1, 0.15) is 28.8 Å². The zero-order valence-electron chi connectivity index (χ0n) is 18.7. The Labute approximate surface area is 193 Å². The Balaban J connectivity index is 1.96. The van der Waals surface area contributed by atoms with Crippen LogP contribution in [-0.2, 0) is 19.6 Å². The van der Waals surface area contributed by atoms with Crippen LogP contribution in [0.5, 0.6) is 11.5 Å². The highest BCUT2D eigenvalue weighted by molar-refractivity contribution is 7.92. The Morgan fingerprint density at radius 1 is 1.03 bits per heavy atom. The van der Waals surface area contributed by atoms with Crippen LogP contribution in [0.15, 0.2) is 47.4 Å². The van der Waals surface area contributed by atoms with Crippen molar-refractivity contribution in [2.24, 2.45) is 0 Å². The van der Waals surface area contributed by atoms with Gasteiger partial charge in [0, 0.05) is 30.4 Å². The maximum Gasteiger partial charge on any atom is 0.330 e. The second-order valence-electron chi connectivity index (χ2n) is 7.30. The molecule has 0 atom stereocenters. The van der Waals surface area contributed by atoms with E-state index >= 15 is 0 Å². The highest BCUT2D eigenvalue weighted by atomic mass is 32.2. The van der Waals surface area contributed by atoms with E-state index in [1.807, 2.05) is 0 Å². The fraction of sp³-hybridized carbons (Fsp3) is 0.304. The summed E-state index contributed by atoms with van der Waals surface area (Å²) in [6.07, 6.45) is 4.49. The molecule has 3 rings (SSSR count). The molecule has 0 aromatic heterocycles. The van der Waals surface area contributed by atoms with Crippen molar-refractivity contribution in [1.29, 1.82) is 0 Å². The molecule has 10 heteroatoms. The van der Waals surface area contributed by atoms with Crippen molar-refractivity contribution in [2.75, 3.05) is 39.1 Å². The minimum atomic E-state index is -4.15. The van der Waals surface area contributed by atoms with Crippen LogP contribution < -0.4 is 14.2 Å². The molecule has 9 nitrogen and oxygen atoms in total. The van der Waals surface area contributed by atoms with Gasteiger partial charge >= 0.3 is 5.97 Å². The summed E-state index contributed by atoms with van der Waals surface area (Å²) in [5.41, 5.74) is 1.02. The molecular formula is C23H26N2O7S. The second kappa shape index (κ2) is 10.4. The molecule has 0 unspecified atom stereocenters. The molecule has 0 bridgehead atoms. The smallest absolute Gasteiger partial charge is 0.330 e. The number of esters is 1. The summed E-state index contributed by atoms with van der Waals surface area (Å²) in [5.74, 6) is -0.554. The molecule has 1 amide bonds. The van der Waals surface area contributed by atoms with Crippen molar-refractivity contribution < 1.29 is 32.2 Å². The highest BCUT2D eigenvalue weighted by Crippen LogP contribution is 2.37. The van der Waals surface area contributed by atoms with Crippen LogP contribution >= 0.6 is 0 Å². The van der Waals surface area contributed by atoms with Crippen molar-refractivity contribution in [3.8, 4) is 11.5 Å². The van der Waals surface area contributed by atoms with Gasteiger partial charge in [-0.2, -0.15) is 0 Å². The Hall–Kier alpha value is -3.53. The number of likely N-dealkylation sites (tertiary alicyclic amines) is 1. The number of anilines is 1. The van der Waals surface area contributed by atoms with Crippen LogP contribution in [0.3, 0.4) is 0 Å². The molecule has 1 fully saturated rings. The van der Waals surface area contributed by atoms with Gasteiger partial charge < -0.3 is 19.1 Å². The van der Waals surface area contributed by atoms with E-state index in [4.69, 9.17) is 9.47 Å². The number of hydrogen-bond donors (Lipinski definition) is 1. The van der Waals surface area contributed by atoms with Crippen LogP contribution in [0.4, 0.5) is 5.69 Å². The summed E-state index contributed by atoms with van der Waals surface area (Å²) in [6, 6.07) is 9.22. The van der Waals surface area contributed by atoms with Gasteiger partial charge in [0.2, 0.25) is 0 Å². The van der Waals surface area contributed by atoms with Crippen molar-refractivity contribution in [2.45, 2.75) is 17.7 Å². The maximum absolute atomic E-state index is 13.3. The number of sulfonamides is 1. The Morgan fingerprint density at radius 3 is 2.39 bits per heavy atom. The van der Waals surface area contributed by atoms with Crippen LogP contribution in [-0.4, -0.2) is 59.6 Å². The molecule has 1 heterocycles. The van der Waals surface area contributed by atoms with E-state index in [-0.39, 0.29) is 28.0 Å². The Morgan fingerprint density at radius 2 is 1.76 bits per heavy atom. The lowest BCUT2D eigenvalue weighted by Crippen LogP contribution is -2.27. The lowest BCUT2D eigenvalue weighted by atomic mass is 10.2. The summed E-state index contributed by atoms with van der Waals surface area (Å²) in [4.78, 5) is 25.7. The summed E-state index contributed by atoms with van der Waals surface area (Å²) < 4.78 is 44.2. The lowest BCUT2D eigenvalue weighted by molar-refractivity contribution is -0.134. The van der Waals surface area contributed by atoms with E-state index in [0.29, 0.717) is 24.2 Å².